The molecule has 1 heteroatoms. The fourth-order valence-corrected chi connectivity index (χ4v) is 2.57. The van der Waals surface area contributed by atoms with Gasteiger partial charge in [0.05, 0.1) is 0 Å². The van der Waals surface area contributed by atoms with Crippen LogP contribution in [0.15, 0.2) is 84.9 Å². The summed E-state index contributed by atoms with van der Waals surface area (Å²) in [6.07, 6.45) is -0.0176. The molecule has 0 aromatic heterocycles. The SMILES string of the molecule is CO[C@@H](c1ccccc1)c1ccc(-c2ccccc2)cc1. The molecule has 0 bridgehead atoms. The molecule has 21 heavy (non-hydrogen) atoms. The van der Waals surface area contributed by atoms with Crippen molar-refractivity contribution in [3.05, 3.63) is 96.1 Å². The molecule has 0 amide bonds. The lowest BCUT2D eigenvalue weighted by Gasteiger charge is -2.16. The van der Waals surface area contributed by atoms with Gasteiger partial charge in [-0.15, -0.1) is 0 Å². The summed E-state index contributed by atoms with van der Waals surface area (Å²) in [7, 11) is 1.75. The van der Waals surface area contributed by atoms with Crippen LogP contribution in [-0.2, 0) is 4.74 Å². The predicted octanol–water partition coefficient (Wildman–Crippen LogP) is 5.09. The standard InChI is InChI=1S/C20H18O/c1-21-20(18-10-6-3-7-11-18)19-14-12-17(13-15-19)16-8-4-2-5-9-16/h2-15,20H,1H3/t20-/m0/s1. The lowest BCUT2D eigenvalue weighted by Crippen LogP contribution is -2.03. The van der Waals surface area contributed by atoms with Crippen LogP contribution in [-0.4, -0.2) is 7.11 Å². The minimum atomic E-state index is -0.0176. The summed E-state index contributed by atoms with van der Waals surface area (Å²) >= 11 is 0. The van der Waals surface area contributed by atoms with Crippen LogP contribution in [0, 0.1) is 0 Å². The molecule has 0 saturated heterocycles. The van der Waals surface area contributed by atoms with Crippen LogP contribution in [0.25, 0.3) is 11.1 Å². The Labute approximate surface area is 125 Å². The highest BCUT2D eigenvalue weighted by Gasteiger charge is 2.12. The van der Waals surface area contributed by atoms with Crippen molar-refractivity contribution in [3.63, 3.8) is 0 Å². The summed E-state index contributed by atoms with van der Waals surface area (Å²) in [4.78, 5) is 0. The van der Waals surface area contributed by atoms with Gasteiger partial charge in [0.15, 0.2) is 0 Å². The van der Waals surface area contributed by atoms with E-state index in [-0.39, 0.29) is 6.10 Å². The molecule has 0 radical (unpaired) electrons. The highest BCUT2D eigenvalue weighted by atomic mass is 16.5. The van der Waals surface area contributed by atoms with Crippen molar-refractivity contribution < 1.29 is 4.74 Å². The summed E-state index contributed by atoms with van der Waals surface area (Å²) in [6, 6.07) is 29.3. The zero-order chi connectivity index (χ0) is 14.5. The smallest absolute Gasteiger partial charge is 0.107 e. The van der Waals surface area contributed by atoms with Crippen molar-refractivity contribution in [1.82, 2.24) is 0 Å². The Bertz CT molecular complexity index is 672. The normalized spacial score (nSPS) is 12.0. The Morgan fingerprint density at radius 3 is 1.62 bits per heavy atom. The molecule has 3 aromatic rings. The van der Waals surface area contributed by atoms with Crippen molar-refractivity contribution >= 4 is 0 Å². The van der Waals surface area contributed by atoms with Gasteiger partial charge in [-0.3, -0.25) is 0 Å². The maximum atomic E-state index is 5.67. The predicted molar refractivity (Wildman–Crippen MR) is 87.2 cm³/mol. The highest BCUT2D eigenvalue weighted by molar-refractivity contribution is 5.63. The van der Waals surface area contributed by atoms with Gasteiger partial charge in [0.2, 0.25) is 0 Å². The molecule has 0 fully saturated rings. The Morgan fingerprint density at radius 2 is 1.05 bits per heavy atom. The number of hydrogen-bond donors (Lipinski definition) is 0. The lowest BCUT2D eigenvalue weighted by molar-refractivity contribution is 0.136. The minimum Gasteiger partial charge on any atom is -0.372 e. The first-order valence-electron chi connectivity index (χ1n) is 7.11. The molecule has 0 spiro atoms. The van der Waals surface area contributed by atoms with Crippen LogP contribution in [0.5, 0.6) is 0 Å². The van der Waals surface area contributed by atoms with Crippen LogP contribution in [0.3, 0.4) is 0 Å². The Balaban J connectivity index is 1.90. The first kappa shape index (κ1) is 13.6. The maximum absolute atomic E-state index is 5.67. The molecule has 1 nitrogen and oxygen atoms in total. The largest absolute Gasteiger partial charge is 0.372 e. The molecule has 3 aromatic carbocycles. The number of methoxy groups -OCH3 is 1. The molecule has 0 aliphatic heterocycles. The van der Waals surface area contributed by atoms with E-state index in [9.17, 15) is 0 Å². The average molecular weight is 274 g/mol. The number of ether oxygens (including phenoxy) is 1. The van der Waals surface area contributed by atoms with Gasteiger partial charge >= 0.3 is 0 Å². The Kier molecular flexibility index (Phi) is 4.13. The first-order chi connectivity index (χ1) is 10.4. The van der Waals surface area contributed by atoms with Crippen LogP contribution < -0.4 is 0 Å². The van der Waals surface area contributed by atoms with E-state index >= 15 is 0 Å². The maximum Gasteiger partial charge on any atom is 0.107 e. The fourth-order valence-electron chi connectivity index (χ4n) is 2.57. The molecule has 0 N–H and O–H groups in total. The van der Waals surface area contributed by atoms with E-state index in [1.165, 1.54) is 22.3 Å². The molecule has 3 rings (SSSR count). The number of rotatable bonds is 4. The molecular formula is C20H18O. The van der Waals surface area contributed by atoms with Gasteiger partial charge in [-0.25, -0.2) is 0 Å². The fraction of sp³-hybridized carbons (Fsp3) is 0.100. The van der Waals surface area contributed by atoms with E-state index in [1.54, 1.807) is 7.11 Å². The molecule has 0 aliphatic carbocycles. The summed E-state index contributed by atoms with van der Waals surface area (Å²) < 4.78 is 5.67. The molecule has 0 aliphatic rings. The molecule has 104 valence electrons. The van der Waals surface area contributed by atoms with Crippen molar-refractivity contribution in [2.75, 3.05) is 7.11 Å². The second-order valence-corrected chi connectivity index (χ2v) is 5.01. The summed E-state index contributed by atoms with van der Waals surface area (Å²) in [5.41, 5.74) is 4.80. The van der Waals surface area contributed by atoms with Gasteiger partial charge in [-0.05, 0) is 22.3 Å². The number of hydrogen-bond acceptors (Lipinski definition) is 1. The number of benzene rings is 3. The van der Waals surface area contributed by atoms with E-state index in [1.807, 2.05) is 24.3 Å². The average Bonchev–Trinajstić information content (AvgIpc) is 2.58. The molecule has 0 unspecified atom stereocenters. The molecular weight excluding hydrogens is 256 g/mol. The van der Waals surface area contributed by atoms with Crippen molar-refractivity contribution in [3.8, 4) is 11.1 Å². The second kappa shape index (κ2) is 6.38. The van der Waals surface area contributed by atoms with Gasteiger partial charge < -0.3 is 4.74 Å². The van der Waals surface area contributed by atoms with Crippen molar-refractivity contribution in [2.45, 2.75) is 6.10 Å². The zero-order valence-corrected chi connectivity index (χ0v) is 12.1. The summed E-state index contributed by atoms with van der Waals surface area (Å²) in [6.45, 7) is 0. The molecule has 0 saturated carbocycles. The minimum absolute atomic E-state index is 0.0176. The lowest BCUT2D eigenvalue weighted by atomic mass is 9.98. The van der Waals surface area contributed by atoms with Crippen molar-refractivity contribution in [1.29, 1.82) is 0 Å². The second-order valence-electron chi connectivity index (χ2n) is 5.01. The van der Waals surface area contributed by atoms with E-state index in [2.05, 4.69) is 60.7 Å². The first-order valence-corrected chi connectivity index (χ1v) is 7.11. The third-order valence-corrected chi connectivity index (χ3v) is 3.66. The van der Waals surface area contributed by atoms with Gasteiger partial charge in [0, 0.05) is 7.11 Å². The van der Waals surface area contributed by atoms with Crippen LogP contribution in [0.2, 0.25) is 0 Å². The zero-order valence-electron chi connectivity index (χ0n) is 12.1. The molecule has 0 heterocycles. The topological polar surface area (TPSA) is 9.23 Å². The van der Waals surface area contributed by atoms with Gasteiger partial charge in [-0.2, -0.15) is 0 Å². The Morgan fingerprint density at radius 1 is 0.571 bits per heavy atom. The van der Waals surface area contributed by atoms with E-state index in [0.29, 0.717) is 0 Å². The highest BCUT2D eigenvalue weighted by Crippen LogP contribution is 2.27. The van der Waals surface area contributed by atoms with Gasteiger partial charge in [-0.1, -0.05) is 84.9 Å². The summed E-state index contributed by atoms with van der Waals surface area (Å²) in [5.74, 6) is 0. The van der Waals surface area contributed by atoms with Gasteiger partial charge in [0.25, 0.3) is 0 Å². The quantitative estimate of drug-likeness (QED) is 0.644. The van der Waals surface area contributed by atoms with Crippen LogP contribution in [0.1, 0.15) is 17.2 Å². The third-order valence-electron chi connectivity index (χ3n) is 3.66. The Hall–Kier alpha value is -2.38. The molecule has 1 atom stereocenters. The summed E-state index contributed by atoms with van der Waals surface area (Å²) in [5, 5.41) is 0. The monoisotopic (exact) mass is 274 g/mol. The van der Waals surface area contributed by atoms with Crippen LogP contribution >= 0.6 is 0 Å². The van der Waals surface area contributed by atoms with E-state index in [0.717, 1.165) is 0 Å². The van der Waals surface area contributed by atoms with Gasteiger partial charge in [0.1, 0.15) is 6.10 Å². The van der Waals surface area contributed by atoms with Crippen molar-refractivity contribution in [2.24, 2.45) is 0 Å². The van der Waals surface area contributed by atoms with Crippen LogP contribution in [0.4, 0.5) is 0 Å². The van der Waals surface area contributed by atoms with E-state index < -0.39 is 0 Å². The van der Waals surface area contributed by atoms with E-state index in [4.69, 9.17) is 4.74 Å². The third kappa shape index (κ3) is 3.04.